The van der Waals surface area contributed by atoms with Crippen molar-refractivity contribution in [1.82, 2.24) is 9.99 Å². The number of amides is 1. The van der Waals surface area contributed by atoms with E-state index in [1.54, 1.807) is 41.9 Å². The summed E-state index contributed by atoms with van der Waals surface area (Å²) in [5.41, 5.74) is 8.19. The van der Waals surface area contributed by atoms with Gasteiger partial charge in [-0.2, -0.15) is 5.10 Å². The van der Waals surface area contributed by atoms with Gasteiger partial charge in [-0.25, -0.2) is 13.8 Å². The van der Waals surface area contributed by atoms with Crippen LogP contribution in [0.2, 0.25) is 0 Å². The molecule has 0 atom stereocenters. The van der Waals surface area contributed by atoms with Crippen molar-refractivity contribution in [1.29, 1.82) is 0 Å². The van der Waals surface area contributed by atoms with Crippen molar-refractivity contribution in [2.75, 3.05) is 4.72 Å². The molecule has 0 aliphatic rings. The van der Waals surface area contributed by atoms with E-state index in [1.165, 1.54) is 6.07 Å². The molecule has 6 rings (SSSR count). The Bertz CT molecular complexity index is 1950. The zero-order chi connectivity index (χ0) is 28.2. The maximum atomic E-state index is 12.9. The van der Waals surface area contributed by atoms with Gasteiger partial charge in [0, 0.05) is 27.9 Å². The van der Waals surface area contributed by atoms with Crippen LogP contribution in [0.1, 0.15) is 15.9 Å². The van der Waals surface area contributed by atoms with Gasteiger partial charge < -0.3 is 4.57 Å². The molecule has 0 spiro atoms. The zero-order valence-electron chi connectivity index (χ0n) is 21.6. The third-order valence-electron chi connectivity index (χ3n) is 6.49. The van der Waals surface area contributed by atoms with Gasteiger partial charge in [0.1, 0.15) is 4.21 Å². The minimum absolute atomic E-state index is 0.220. The summed E-state index contributed by atoms with van der Waals surface area (Å²) < 4.78 is 29.9. The molecule has 0 bridgehead atoms. The molecule has 2 heterocycles. The predicted octanol–water partition coefficient (Wildman–Crippen LogP) is 6.92. The number of nitrogens with zero attached hydrogens (tertiary/aromatic N) is 2. The van der Waals surface area contributed by atoms with Gasteiger partial charge in [-0.15, -0.1) is 11.3 Å². The van der Waals surface area contributed by atoms with E-state index in [2.05, 4.69) is 50.1 Å². The third-order valence-corrected chi connectivity index (χ3v) is 9.27. The normalized spacial score (nSPS) is 11.6. The molecule has 2 aromatic heterocycles. The van der Waals surface area contributed by atoms with Crippen molar-refractivity contribution >= 4 is 50.1 Å². The van der Waals surface area contributed by atoms with Crippen LogP contribution in [0.4, 0.5) is 5.69 Å². The lowest BCUT2D eigenvalue weighted by molar-refractivity contribution is 0.0955. The van der Waals surface area contributed by atoms with Crippen molar-refractivity contribution in [3.05, 3.63) is 138 Å². The van der Waals surface area contributed by atoms with Gasteiger partial charge in [0.15, 0.2) is 0 Å². The number of sulfonamides is 1. The largest absolute Gasteiger partial charge is 0.309 e. The van der Waals surface area contributed by atoms with Crippen LogP contribution >= 0.6 is 11.3 Å². The van der Waals surface area contributed by atoms with Gasteiger partial charge in [-0.05, 0) is 59.5 Å². The van der Waals surface area contributed by atoms with Crippen molar-refractivity contribution in [2.24, 2.45) is 5.10 Å². The molecule has 202 valence electrons. The van der Waals surface area contributed by atoms with Crippen molar-refractivity contribution < 1.29 is 13.2 Å². The van der Waals surface area contributed by atoms with Crippen LogP contribution in [-0.4, -0.2) is 25.1 Å². The fraction of sp³-hybridized carbons (Fsp3) is 0. The number of carbonyl (C=O) groups excluding carboxylic acids is 1. The second kappa shape index (κ2) is 11.2. The lowest BCUT2D eigenvalue weighted by atomic mass is 10.1. The summed E-state index contributed by atoms with van der Waals surface area (Å²) in [5.74, 6) is -0.415. The minimum Gasteiger partial charge on any atom is -0.309 e. The minimum atomic E-state index is -3.67. The van der Waals surface area contributed by atoms with Crippen LogP contribution in [0.25, 0.3) is 27.8 Å². The number of benzene rings is 4. The summed E-state index contributed by atoms with van der Waals surface area (Å²) in [4.78, 5) is 12.9. The molecule has 0 aliphatic carbocycles. The first kappa shape index (κ1) is 26.2. The Morgan fingerprint density at radius 1 is 0.780 bits per heavy atom. The third kappa shape index (κ3) is 5.41. The van der Waals surface area contributed by atoms with Gasteiger partial charge in [0.05, 0.1) is 17.4 Å². The first-order chi connectivity index (χ1) is 20.0. The molecule has 0 saturated heterocycles. The number of para-hydroxylation sites is 2. The summed E-state index contributed by atoms with van der Waals surface area (Å²) in [6.07, 6.45) is 1.67. The fourth-order valence-electron chi connectivity index (χ4n) is 4.65. The van der Waals surface area contributed by atoms with E-state index in [4.69, 9.17) is 0 Å². The van der Waals surface area contributed by atoms with E-state index in [0.29, 0.717) is 11.3 Å². The molecule has 41 heavy (non-hydrogen) atoms. The number of hydrazone groups is 1. The van der Waals surface area contributed by atoms with Crippen molar-refractivity contribution in [3.63, 3.8) is 0 Å². The summed E-state index contributed by atoms with van der Waals surface area (Å²) in [7, 11) is -3.67. The number of carbonyl (C=O) groups is 1. The summed E-state index contributed by atoms with van der Waals surface area (Å²) >= 11 is 1.13. The topological polar surface area (TPSA) is 92.6 Å². The smallest absolute Gasteiger partial charge is 0.271 e. The van der Waals surface area contributed by atoms with Gasteiger partial charge in [-0.1, -0.05) is 72.8 Å². The standard InChI is InChI=1S/C32H24N4O3S2/c37-32(24-17-19-25(20-18-24)35-41(38,39)30-16-9-21-40-30)34-33-22-28-27-14-7-8-15-29(27)36(26-12-5-2-6-13-26)31(28)23-10-3-1-4-11-23/h1-22,35H,(H,34,37)/b33-22+. The number of aromatic nitrogens is 1. The highest BCUT2D eigenvalue weighted by Crippen LogP contribution is 2.35. The Balaban J connectivity index is 1.29. The number of anilines is 1. The molecule has 6 aromatic rings. The second-order valence-electron chi connectivity index (χ2n) is 9.13. The molecule has 0 aliphatic heterocycles. The molecule has 0 unspecified atom stereocenters. The lowest BCUT2D eigenvalue weighted by Gasteiger charge is -2.12. The molecule has 0 saturated carbocycles. The molecule has 7 nitrogen and oxygen atoms in total. The van der Waals surface area contributed by atoms with Crippen molar-refractivity contribution in [3.8, 4) is 16.9 Å². The van der Waals surface area contributed by atoms with E-state index >= 15 is 0 Å². The average Bonchev–Trinajstić information content (AvgIpc) is 3.66. The Morgan fingerprint density at radius 3 is 2.17 bits per heavy atom. The Kier molecular flexibility index (Phi) is 7.20. The van der Waals surface area contributed by atoms with Crippen LogP contribution in [-0.2, 0) is 10.0 Å². The maximum absolute atomic E-state index is 12.9. The quantitative estimate of drug-likeness (QED) is 0.152. The molecule has 0 fully saturated rings. The van der Waals surface area contributed by atoms with Crippen LogP contribution in [0.3, 0.4) is 0 Å². The molecular formula is C32H24N4O3S2. The highest BCUT2D eigenvalue weighted by molar-refractivity contribution is 7.94. The van der Waals surface area contributed by atoms with E-state index in [1.807, 2.05) is 54.6 Å². The second-order valence-corrected chi connectivity index (χ2v) is 12.0. The van der Waals surface area contributed by atoms with Gasteiger partial charge >= 0.3 is 0 Å². The first-order valence-electron chi connectivity index (χ1n) is 12.8. The van der Waals surface area contributed by atoms with Crippen LogP contribution in [0.5, 0.6) is 0 Å². The van der Waals surface area contributed by atoms with E-state index in [-0.39, 0.29) is 4.21 Å². The number of fused-ring (bicyclic) bond motifs is 1. The molecule has 1 amide bonds. The van der Waals surface area contributed by atoms with E-state index in [9.17, 15) is 13.2 Å². The van der Waals surface area contributed by atoms with Crippen LogP contribution < -0.4 is 10.1 Å². The van der Waals surface area contributed by atoms with Crippen LogP contribution in [0, 0.1) is 0 Å². The highest BCUT2D eigenvalue weighted by Gasteiger charge is 2.19. The Morgan fingerprint density at radius 2 is 1.46 bits per heavy atom. The number of rotatable bonds is 8. The highest BCUT2D eigenvalue weighted by atomic mass is 32.2. The monoisotopic (exact) mass is 576 g/mol. The molecule has 4 aromatic carbocycles. The van der Waals surface area contributed by atoms with E-state index < -0.39 is 15.9 Å². The lowest BCUT2D eigenvalue weighted by Crippen LogP contribution is -2.18. The maximum Gasteiger partial charge on any atom is 0.271 e. The fourth-order valence-corrected chi connectivity index (χ4v) is 6.70. The number of nitrogens with one attached hydrogen (secondary N) is 2. The summed E-state index contributed by atoms with van der Waals surface area (Å²) in [5, 5.41) is 7.02. The molecular weight excluding hydrogens is 553 g/mol. The van der Waals surface area contributed by atoms with Crippen LogP contribution in [0.15, 0.2) is 136 Å². The number of hydrogen-bond acceptors (Lipinski definition) is 5. The molecule has 2 N–H and O–H groups in total. The van der Waals surface area contributed by atoms with Gasteiger partial charge in [0.2, 0.25) is 0 Å². The number of hydrogen-bond donors (Lipinski definition) is 2. The zero-order valence-corrected chi connectivity index (χ0v) is 23.3. The SMILES string of the molecule is O=C(N/N=C/c1c(-c2ccccc2)n(-c2ccccc2)c2ccccc12)c1ccc(NS(=O)(=O)c2cccs2)cc1. The average molecular weight is 577 g/mol. The summed E-state index contributed by atoms with van der Waals surface area (Å²) in [6, 6.07) is 37.7. The Hall–Kier alpha value is -4.99. The molecule has 0 radical (unpaired) electrons. The summed E-state index contributed by atoms with van der Waals surface area (Å²) in [6.45, 7) is 0. The number of thiophene rings is 1. The van der Waals surface area contributed by atoms with Gasteiger partial charge in [-0.3, -0.25) is 9.52 Å². The Labute approximate surface area is 241 Å². The first-order valence-corrected chi connectivity index (χ1v) is 15.1. The van der Waals surface area contributed by atoms with E-state index in [0.717, 1.165) is 44.7 Å². The molecule has 9 heteroatoms. The van der Waals surface area contributed by atoms with Crippen molar-refractivity contribution in [2.45, 2.75) is 4.21 Å². The van der Waals surface area contributed by atoms with Gasteiger partial charge in [0.25, 0.3) is 15.9 Å². The predicted molar refractivity (Wildman–Crippen MR) is 165 cm³/mol.